The van der Waals surface area contributed by atoms with Gasteiger partial charge in [-0.15, -0.1) is 11.3 Å². The van der Waals surface area contributed by atoms with Crippen LogP contribution in [0.4, 0.5) is 0 Å². The number of aromatic nitrogens is 4. The van der Waals surface area contributed by atoms with Crippen molar-refractivity contribution in [3.05, 3.63) is 89.2 Å². The van der Waals surface area contributed by atoms with Crippen LogP contribution >= 0.6 is 22.9 Å². The van der Waals surface area contributed by atoms with Gasteiger partial charge in [0.2, 0.25) is 0 Å². The fraction of sp³-hybridized carbons (Fsp3) is 0.257. The normalized spacial score (nSPS) is 12.7. The van der Waals surface area contributed by atoms with Gasteiger partial charge in [0.15, 0.2) is 5.78 Å². The van der Waals surface area contributed by atoms with Crippen LogP contribution in [0.2, 0.25) is 5.02 Å². The molecule has 0 N–H and O–H groups in total. The van der Waals surface area contributed by atoms with Gasteiger partial charge in [-0.1, -0.05) is 29.8 Å². The van der Waals surface area contributed by atoms with Crippen molar-refractivity contribution in [3.8, 4) is 33.0 Å². The van der Waals surface area contributed by atoms with Gasteiger partial charge in [-0.3, -0.25) is 14.5 Å². The molecule has 3 heterocycles. The Balaban J connectivity index is 1.51. The molecule has 0 aliphatic carbocycles. The van der Waals surface area contributed by atoms with Gasteiger partial charge < -0.3 is 4.74 Å². The van der Waals surface area contributed by atoms with E-state index in [9.17, 15) is 4.79 Å². The molecule has 0 bridgehead atoms. The molecule has 0 aliphatic heterocycles. The molecule has 0 radical (unpaired) electrons. The van der Waals surface area contributed by atoms with Gasteiger partial charge in [0.05, 0.1) is 33.2 Å². The molecule has 0 fully saturated rings. The minimum Gasteiger partial charge on any atom is -0.360 e. The number of Topliss-reactive ketones (excluding diaryl/α,β-unsaturated/α-hetero) is 1. The van der Waals surface area contributed by atoms with Crippen molar-refractivity contribution in [1.82, 2.24) is 19.7 Å². The van der Waals surface area contributed by atoms with E-state index in [2.05, 4.69) is 47.3 Å². The molecule has 0 aliphatic rings. The molecule has 0 saturated carbocycles. The Labute approximate surface area is 260 Å². The summed E-state index contributed by atoms with van der Waals surface area (Å²) in [5.74, 6) is -0.0439. The largest absolute Gasteiger partial charge is 0.360 e. The standard InChI is InChI=1S/C35H33ClN4O2S/c1-7-40-29-13-10-23(17-25(29)19-38-40)27-18-24(14-15-37-27)34-39-28-16-20(2)30(32(21(3)41)42-35(4,5)6)31(33(28)43-34)22-8-11-26(36)12-9-22/h8-19,32H,7H2,1-6H3/t32-/m1/s1. The summed E-state index contributed by atoms with van der Waals surface area (Å²) in [6, 6.07) is 20.2. The van der Waals surface area contributed by atoms with Crippen molar-refractivity contribution in [2.45, 2.75) is 59.8 Å². The molecular weight excluding hydrogens is 576 g/mol. The summed E-state index contributed by atoms with van der Waals surface area (Å²) in [6.45, 7) is 12.4. The Hall–Kier alpha value is -3.91. The molecule has 0 spiro atoms. The molecule has 8 heteroatoms. The Bertz CT molecular complexity index is 1990. The summed E-state index contributed by atoms with van der Waals surface area (Å²) in [5.41, 5.74) is 8.06. The lowest BCUT2D eigenvalue weighted by atomic mass is 9.90. The van der Waals surface area contributed by atoms with Crippen LogP contribution in [0.3, 0.4) is 0 Å². The van der Waals surface area contributed by atoms with Gasteiger partial charge in [0.1, 0.15) is 11.1 Å². The summed E-state index contributed by atoms with van der Waals surface area (Å²) in [5, 5.41) is 7.09. The third-order valence-electron chi connectivity index (χ3n) is 7.41. The zero-order chi connectivity index (χ0) is 30.5. The zero-order valence-corrected chi connectivity index (χ0v) is 26.7. The number of pyridine rings is 1. The van der Waals surface area contributed by atoms with Crippen LogP contribution in [0.1, 0.15) is 51.8 Å². The van der Waals surface area contributed by atoms with Crippen molar-refractivity contribution >= 4 is 49.8 Å². The maximum Gasteiger partial charge on any atom is 0.163 e. The number of rotatable bonds is 7. The number of ether oxygens (including phenoxy) is 1. The minimum absolute atomic E-state index is 0.0439. The second-order valence-corrected chi connectivity index (χ2v) is 13.2. The highest BCUT2D eigenvalue weighted by Crippen LogP contribution is 2.44. The van der Waals surface area contributed by atoms with E-state index >= 15 is 0 Å². The number of thiazole rings is 1. The lowest BCUT2D eigenvalue weighted by molar-refractivity contribution is -0.138. The highest BCUT2D eigenvalue weighted by atomic mass is 35.5. The number of benzene rings is 3. The molecule has 0 unspecified atom stereocenters. The molecule has 6 aromatic rings. The Kier molecular flexibility index (Phi) is 7.67. The molecule has 3 aromatic heterocycles. The van der Waals surface area contributed by atoms with Crippen LogP contribution in [0.5, 0.6) is 0 Å². The first kappa shape index (κ1) is 29.2. The molecule has 0 saturated heterocycles. The summed E-state index contributed by atoms with van der Waals surface area (Å²) >= 11 is 7.89. The number of hydrogen-bond acceptors (Lipinski definition) is 6. The predicted molar refractivity (Wildman–Crippen MR) is 177 cm³/mol. The van der Waals surface area contributed by atoms with Gasteiger partial charge in [-0.25, -0.2) is 4.98 Å². The molecule has 6 nitrogen and oxygen atoms in total. The Morgan fingerprint density at radius 2 is 1.77 bits per heavy atom. The fourth-order valence-electron chi connectivity index (χ4n) is 5.49. The minimum atomic E-state index is -0.722. The second kappa shape index (κ2) is 11.3. The van der Waals surface area contributed by atoms with Crippen LogP contribution in [-0.2, 0) is 16.1 Å². The highest BCUT2D eigenvalue weighted by molar-refractivity contribution is 7.22. The molecule has 6 rings (SSSR count). The van der Waals surface area contributed by atoms with Crippen molar-refractivity contribution < 1.29 is 9.53 Å². The van der Waals surface area contributed by atoms with Crippen LogP contribution in [0, 0.1) is 6.92 Å². The highest BCUT2D eigenvalue weighted by Gasteiger charge is 2.30. The molecule has 1 atom stereocenters. The van der Waals surface area contributed by atoms with Crippen LogP contribution in [-0.4, -0.2) is 31.1 Å². The van der Waals surface area contributed by atoms with Crippen LogP contribution < -0.4 is 0 Å². The molecule has 218 valence electrons. The number of halogens is 1. The maximum atomic E-state index is 13.1. The molecule has 3 aromatic carbocycles. The summed E-state index contributed by atoms with van der Waals surface area (Å²) < 4.78 is 9.37. The average molecular weight is 609 g/mol. The van der Waals surface area contributed by atoms with E-state index in [1.807, 2.05) is 75.1 Å². The van der Waals surface area contributed by atoms with E-state index in [1.54, 1.807) is 18.3 Å². The number of ketones is 1. The monoisotopic (exact) mass is 608 g/mol. The van der Waals surface area contributed by atoms with Gasteiger partial charge >= 0.3 is 0 Å². The topological polar surface area (TPSA) is 69.9 Å². The van der Waals surface area contributed by atoms with Crippen molar-refractivity contribution in [1.29, 1.82) is 0 Å². The third kappa shape index (κ3) is 5.73. The first-order valence-corrected chi connectivity index (χ1v) is 15.5. The number of carbonyl (C=O) groups excluding carboxylic acids is 1. The van der Waals surface area contributed by atoms with E-state index in [0.717, 1.165) is 71.7 Å². The van der Waals surface area contributed by atoms with Gasteiger partial charge in [-0.05, 0) is 95.1 Å². The molecular formula is C35H33ClN4O2S. The first-order chi connectivity index (χ1) is 20.5. The number of aryl methyl sites for hydroxylation is 2. The quantitative estimate of drug-likeness (QED) is 0.180. The zero-order valence-electron chi connectivity index (χ0n) is 25.1. The van der Waals surface area contributed by atoms with Crippen molar-refractivity contribution in [2.24, 2.45) is 0 Å². The lowest BCUT2D eigenvalue weighted by Gasteiger charge is -2.29. The second-order valence-electron chi connectivity index (χ2n) is 11.7. The van der Waals surface area contributed by atoms with Gasteiger partial charge in [0.25, 0.3) is 0 Å². The number of fused-ring (bicyclic) bond motifs is 2. The SMILES string of the molecule is CCn1ncc2cc(-c3cc(-c4nc5cc(C)c([C@H](OC(C)(C)C)C(C)=O)c(-c6ccc(Cl)cc6)c5s4)ccn3)ccc21. The van der Waals surface area contributed by atoms with Crippen LogP contribution in [0.15, 0.2) is 73.1 Å². The average Bonchev–Trinajstić information content (AvgIpc) is 3.59. The maximum absolute atomic E-state index is 13.1. The van der Waals surface area contributed by atoms with E-state index in [1.165, 1.54) is 0 Å². The van der Waals surface area contributed by atoms with Gasteiger partial charge in [0, 0.05) is 45.4 Å². The Morgan fingerprint density at radius 1 is 1.02 bits per heavy atom. The lowest BCUT2D eigenvalue weighted by Crippen LogP contribution is -2.27. The summed E-state index contributed by atoms with van der Waals surface area (Å²) in [6.07, 6.45) is 3.01. The first-order valence-electron chi connectivity index (χ1n) is 14.3. The number of carbonyl (C=O) groups is 1. The van der Waals surface area contributed by atoms with Crippen molar-refractivity contribution in [3.63, 3.8) is 0 Å². The van der Waals surface area contributed by atoms with E-state index in [4.69, 9.17) is 21.3 Å². The van der Waals surface area contributed by atoms with Crippen LogP contribution in [0.25, 0.3) is 54.1 Å². The van der Waals surface area contributed by atoms with E-state index < -0.39 is 11.7 Å². The number of nitrogens with zero attached hydrogens (tertiary/aromatic N) is 4. The number of hydrogen-bond donors (Lipinski definition) is 0. The van der Waals surface area contributed by atoms with Gasteiger partial charge in [-0.2, -0.15) is 5.10 Å². The molecule has 43 heavy (non-hydrogen) atoms. The summed E-state index contributed by atoms with van der Waals surface area (Å²) in [7, 11) is 0. The fourth-order valence-corrected chi connectivity index (χ4v) is 6.74. The summed E-state index contributed by atoms with van der Waals surface area (Å²) in [4.78, 5) is 22.9. The molecule has 0 amide bonds. The predicted octanol–water partition coefficient (Wildman–Crippen LogP) is 9.47. The Morgan fingerprint density at radius 3 is 2.47 bits per heavy atom. The third-order valence-corrected chi connectivity index (χ3v) is 8.80. The van der Waals surface area contributed by atoms with E-state index in [0.29, 0.717) is 5.02 Å². The van der Waals surface area contributed by atoms with Crippen molar-refractivity contribution in [2.75, 3.05) is 0 Å². The van der Waals surface area contributed by atoms with E-state index in [-0.39, 0.29) is 5.78 Å². The smallest absolute Gasteiger partial charge is 0.163 e.